The first-order chi connectivity index (χ1) is 15.4. The van der Waals surface area contributed by atoms with Crippen LogP contribution in [0.3, 0.4) is 0 Å². The quantitative estimate of drug-likeness (QED) is 0.605. The predicted octanol–water partition coefficient (Wildman–Crippen LogP) is 3.76. The second kappa shape index (κ2) is 10.7. The maximum atomic E-state index is 13.2. The Morgan fingerprint density at radius 2 is 1.84 bits per heavy atom. The molecule has 170 valence electrons. The summed E-state index contributed by atoms with van der Waals surface area (Å²) < 4.78 is 18.7. The van der Waals surface area contributed by atoms with Crippen molar-refractivity contribution < 1.29 is 28.6 Å². The second-order valence-corrected chi connectivity index (χ2v) is 7.66. The number of nitrogens with one attached hydrogen (secondary N) is 1. The number of halogens is 1. The van der Waals surface area contributed by atoms with Gasteiger partial charge in [-0.1, -0.05) is 30.3 Å². The number of benzene rings is 2. The SMILES string of the molecule is CCN(C(=O)CCC(=O)O)C1c2ccccc2NCCC1C(=O)OCc1ccc(F)cc1. The summed E-state index contributed by atoms with van der Waals surface area (Å²) in [5, 5.41) is 12.3. The number of nitrogens with zero attached hydrogens (tertiary/aromatic N) is 1. The molecule has 0 fully saturated rings. The molecule has 2 unspecified atom stereocenters. The molecule has 2 N–H and O–H groups in total. The van der Waals surface area contributed by atoms with E-state index < -0.39 is 23.9 Å². The Kier molecular flexibility index (Phi) is 7.81. The number of rotatable bonds is 8. The minimum absolute atomic E-state index is 0.00348. The maximum absolute atomic E-state index is 13.2. The van der Waals surface area contributed by atoms with Crippen molar-refractivity contribution in [2.24, 2.45) is 5.92 Å². The van der Waals surface area contributed by atoms with E-state index >= 15 is 0 Å². The summed E-state index contributed by atoms with van der Waals surface area (Å²) >= 11 is 0. The lowest BCUT2D eigenvalue weighted by atomic mass is 9.89. The second-order valence-electron chi connectivity index (χ2n) is 7.66. The number of hydrogen-bond donors (Lipinski definition) is 2. The highest BCUT2D eigenvalue weighted by atomic mass is 19.1. The largest absolute Gasteiger partial charge is 0.481 e. The van der Waals surface area contributed by atoms with Gasteiger partial charge < -0.3 is 20.1 Å². The number of carbonyl (C=O) groups excluding carboxylic acids is 2. The van der Waals surface area contributed by atoms with Crippen molar-refractivity contribution in [3.05, 3.63) is 65.5 Å². The smallest absolute Gasteiger partial charge is 0.311 e. The van der Waals surface area contributed by atoms with Crippen molar-refractivity contribution in [2.75, 3.05) is 18.4 Å². The molecule has 0 aromatic heterocycles. The summed E-state index contributed by atoms with van der Waals surface area (Å²) in [7, 11) is 0. The number of hydrogen-bond acceptors (Lipinski definition) is 5. The topological polar surface area (TPSA) is 95.9 Å². The Morgan fingerprint density at radius 1 is 1.12 bits per heavy atom. The number of para-hydroxylation sites is 1. The number of carbonyl (C=O) groups is 3. The van der Waals surface area contributed by atoms with E-state index in [4.69, 9.17) is 9.84 Å². The lowest BCUT2D eigenvalue weighted by Gasteiger charge is -2.35. The first-order valence-electron chi connectivity index (χ1n) is 10.7. The number of carboxylic acid groups (broad SMARTS) is 1. The fourth-order valence-corrected chi connectivity index (χ4v) is 4.01. The molecule has 0 saturated heterocycles. The number of fused-ring (bicyclic) bond motifs is 1. The van der Waals surface area contributed by atoms with Crippen molar-refractivity contribution in [1.82, 2.24) is 4.90 Å². The third kappa shape index (κ3) is 5.63. The summed E-state index contributed by atoms with van der Waals surface area (Å²) in [5.74, 6) is -2.84. The average molecular weight is 442 g/mol. The van der Waals surface area contributed by atoms with Crippen LogP contribution in [0.1, 0.15) is 43.4 Å². The minimum atomic E-state index is -1.05. The van der Waals surface area contributed by atoms with E-state index in [1.54, 1.807) is 24.0 Å². The van der Waals surface area contributed by atoms with Crippen LogP contribution < -0.4 is 5.32 Å². The number of aliphatic carboxylic acids is 1. The normalized spacial score (nSPS) is 17.4. The summed E-state index contributed by atoms with van der Waals surface area (Å²) in [5.41, 5.74) is 2.28. The van der Waals surface area contributed by atoms with Crippen LogP contribution in [-0.2, 0) is 25.7 Å². The summed E-state index contributed by atoms with van der Waals surface area (Å²) in [6.07, 6.45) is 0.0125. The molecule has 2 aromatic rings. The van der Waals surface area contributed by atoms with Gasteiger partial charge in [-0.15, -0.1) is 0 Å². The molecule has 0 aliphatic carbocycles. The van der Waals surface area contributed by atoms with E-state index in [1.807, 2.05) is 24.3 Å². The van der Waals surface area contributed by atoms with Gasteiger partial charge in [0.2, 0.25) is 5.91 Å². The van der Waals surface area contributed by atoms with E-state index in [-0.39, 0.29) is 31.2 Å². The van der Waals surface area contributed by atoms with Gasteiger partial charge in [-0.2, -0.15) is 0 Å². The third-order valence-electron chi connectivity index (χ3n) is 5.58. The first kappa shape index (κ1) is 23.2. The Labute approximate surface area is 186 Å². The zero-order valence-corrected chi connectivity index (χ0v) is 17.9. The van der Waals surface area contributed by atoms with Crippen molar-refractivity contribution in [3.8, 4) is 0 Å². The minimum Gasteiger partial charge on any atom is -0.481 e. The predicted molar refractivity (Wildman–Crippen MR) is 116 cm³/mol. The van der Waals surface area contributed by atoms with Gasteiger partial charge in [-0.3, -0.25) is 14.4 Å². The number of ether oxygens (including phenoxy) is 1. The highest BCUT2D eigenvalue weighted by Gasteiger charge is 2.39. The van der Waals surface area contributed by atoms with E-state index in [9.17, 15) is 18.8 Å². The van der Waals surface area contributed by atoms with Crippen LogP contribution in [0.2, 0.25) is 0 Å². The molecular formula is C24H27FN2O5. The van der Waals surface area contributed by atoms with E-state index in [1.165, 1.54) is 12.1 Å². The number of anilines is 1. The fraction of sp³-hybridized carbons (Fsp3) is 0.375. The lowest BCUT2D eigenvalue weighted by Crippen LogP contribution is -2.41. The van der Waals surface area contributed by atoms with Gasteiger partial charge >= 0.3 is 11.9 Å². The Morgan fingerprint density at radius 3 is 2.53 bits per heavy atom. The lowest BCUT2D eigenvalue weighted by molar-refractivity contribution is -0.155. The molecular weight excluding hydrogens is 415 g/mol. The highest BCUT2D eigenvalue weighted by molar-refractivity contribution is 5.83. The van der Waals surface area contributed by atoms with E-state index in [0.717, 1.165) is 11.3 Å². The molecule has 0 saturated carbocycles. The molecule has 1 aliphatic rings. The van der Waals surface area contributed by atoms with Gasteiger partial charge in [-0.05, 0) is 42.7 Å². The zero-order chi connectivity index (χ0) is 23.1. The van der Waals surface area contributed by atoms with Crippen molar-refractivity contribution >= 4 is 23.5 Å². The van der Waals surface area contributed by atoms with Crippen molar-refractivity contribution in [1.29, 1.82) is 0 Å². The van der Waals surface area contributed by atoms with Gasteiger partial charge in [0.15, 0.2) is 0 Å². The van der Waals surface area contributed by atoms with Crippen LogP contribution >= 0.6 is 0 Å². The molecule has 1 amide bonds. The standard InChI is InChI=1S/C24H27FN2O5/c1-2-27(21(28)11-12-22(29)30)23-18-5-3-4-6-20(18)26-14-13-19(23)24(31)32-15-16-7-9-17(25)10-8-16/h3-10,19,23,26H,2,11-15H2,1H3,(H,29,30). The highest BCUT2D eigenvalue weighted by Crippen LogP contribution is 2.39. The van der Waals surface area contributed by atoms with Crippen LogP contribution in [0, 0.1) is 11.7 Å². The average Bonchev–Trinajstić information content (AvgIpc) is 2.98. The van der Waals surface area contributed by atoms with Crippen LogP contribution in [0.15, 0.2) is 48.5 Å². The summed E-state index contributed by atoms with van der Waals surface area (Å²) in [6.45, 7) is 2.64. The van der Waals surface area contributed by atoms with Crippen molar-refractivity contribution in [2.45, 2.75) is 38.8 Å². The van der Waals surface area contributed by atoms with Gasteiger partial charge in [0.1, 0.15) is 12.4 Å². The van der Waals surface area contributed by atoms with Gasteiger partial charge in [0, 0.05) is 25.2 Å². The summed E-state index contributed by atoms with van der Waals surface area (Å²) in [6, 6.07) is 12.6. The number of amides is 1. The third-order valence-corrected chi connectivity index (χ3v) is 5.58. The number of carboxylic acids is 1. The summed E-state index contributed by atoms with van der Waals surface area (Å²) in [4.78, 5) is 38.6. The van der Waals surface area contributed by atoms with Crippen LogP contribution in [0.4, 0.5) is 10.1 Å². The Hall–Kier alpha value is -3.42. The van der Waals surface area contributed by atoms with Crippen LogP contribution in [0.5, 0.6) is 0 Å². The molecule has 7 nitrogen and oxygen atoms in total. The molecule has 1 aliphatic heterocycles. The zero-order valence-electron chi connectivity index (χ0n) is 17.9. The maximum Gasteiger partial charge on any atom is 0.311 e. The molecule has 3 rings (SSSR count). The number of esters is 1. The first-order valence-corrected chi connectivity index (χ1v) is 10.7. The molecule has 2 aromatic carbocycles. The molecule has 32 heavy (non-hydrogen) atoms. The molecule has 8 heteroatoms. The van der Waals surface area contributed by atoms with Crippen LogP contribution in [-0.4, -0.2) is 40.9 Å². The molecule has 0 radical (unpaired) electrons. The molecule has 2 atom stereocenters. The van der Waals surface area contributed by atoms with Crippen molar-refractivity contribution in [3.63, 3.8) is 0 Å². The molecule has 0 bridgehead atoms. The van der Waals surface area contributed by atoms with E-state index in [2.05, 4.69) is 5.32 Å². The van der Waals surface area contributed by atoms with Gasteiger partial charge in [0.05, 0.1) is 18.4 Å². The monoisotopic (exact) mass is 442 g/mol. The molecule has 1 heterocycles. The van der Waals surface area contributed by atoms with Gasteiger partial charge in [-0.25, -0.2) is 4.39 Å². The Bertz CT molecular complexity index is 963. The molecule has 0 spiro atoms. The van der Waals surface area contributed by atoms with E-state index in [0.29, 0.717) is 25.1 Å². The van der Waals surface area contributed by atoms with Crippen LogP contribution in [0.25, 0.3) is 0 Å². The van der Waals surface area contributed by atoms with Gasteiger partial charge in [0.25, 0.3) is 0 Å². The fourth-order valence-electron chi connectivity index (χ4n) is 4.01. The Balaban J connectivity index is 1.87.